The van der Waals surface area contributed by atoms with Gasteiger partial charge in [0.1, 0.15) is 0 Å². The molecule has 2 nitrogen and oxygen atoms in total. The molecular formula is C24H40O2. The van der Waals surface area contributed by atoms with E-state index in [1.54, 1.807) is 0 Å². The molecule has 1 aliphatic heterocycles. The number of hydrogen-bond donors (Lipinski definition) is 0. The Morgan fingerprint density at radius 3 is 1.69 bits per heavy atom. The third-order valence-corrected chi connectivity index (χ3v) is 8.23. The summed E-state index contributed by atoms with van der Waals surface area (Å²) in [5.41, 5.74) is 0. The van der Waals surface area contributed by atoms with Crippen molar-refractivity contribution in [2.75, 3.05) is 13.7 Å². The van der Waals surface area contributed by atoms with Crippen LogP contribution in [0.2, 0.25) is 0 Å². The topological polar surface area (TPSA) is 18.5 Å². The van der Waals surface area contributed by atoms with E-state index in [0.717, 1.165) is 36.2 Å². The SMILES string of the molecule is COC1CCC(C2CCC(/C=C/C3CCC(C4CCC4)CC3)CC2)OC1. The predicted molar refractivity (Wildman–Crippen MR) is 107 cm³/mol. The first kappa shape index (κ1) is 19.0. The van der Waals surface area contributed by atoms with Crippen molar-refractivity contribution < 1.29 is 9.47 Å². The van der Waals surface area contributed by atoms with Crippen molar-refractivity contribution in [2.24, 2.45) is 29.6 Å². The van der Waals surface area contributed by atoms with Crippen LogP contribution in [-0.2, 0) is 9.47 Å². The highest BCUT2D eigenvalue weighted by molar-refractivity contribution is 4.97. The largest absolute Gasteiger partial charge is 0.379 e. The van der Waals surface area contributed by atoms with E-state index in [0.29, 0.717) is 12.2 Å². The summed E-state index contributed by atoms with van der Waals surface area (Å²) < 4.78 is 11.5. The Bertz CT molecular complexity index is 431. The molecule has 2 atom stereocenters. The number of rotatable bonds is 5. The lowest BCUT2D eigenvalue weighted by molar-refractivity contribution is -0.0964. The van der Waals surface area contributed by atoms with Gasteiger partial charge in [-0.05, 0) is 93.8 Å². The molecule has 4 aliphatic rings. The van der Waals surface area contributed by atoms with Crippen LogP contribution in [0.3, 0.4) is 0 Å². The maximum absolute atomic E-state index is 6.11. The zero-order valence-electron chi connectivity index (χ0n) is 16.9. The van der Waals surface area contributed by atoms with Crippen LogP contribution in [0.1, 0.15) is 83.5 Å². The molecule has 1 saturated heterocycles. The first-order valence-electron chi connectivity index (χ1n) is 11.6. The molecule has 4 rings (SSSR count). The Kier molecular flexibility index (Phi) is 6.75. The molecule has 3 aliphatic carbocycles. The minimum atomic E-state index is 0.338. The summed E-state index contributed by atoms with van der Waals surface area (Å²) in [4.78, 5) is 0. The fourth-order valence-electron chi connectivity index (χ4n) is 6.05. The van der Waals surface area contributed by atoms with E-state index in [-0.39, 0.29) is 0 Å². The van der Waals surface area contributed by atoms with Gasteiger partial charge in [0.25, 0.3) is 0 Å². The molecule has 1 heterocycles. The summed E-state index contributed by atoms with van der Waals surface area (Å²) in [6.07, 6.45) is 24.5. The van der Waals surface area contributed by atoms with E-state index in [2.05, 4.69) is 12.2 Å². The predicted octanol–water partition coefficient (Wildman–Crippen LogP) is 6.15. The van der Waals surface area contributed by atoms with Gasteiger partial charge in [-0.15, -0.1) is 0 Å². The average Bonchev–Trinajstić information content (AvgIpc) is 2.67. The van der Waals surface area contributed by atoms with Crippen LogP contribution in [0.5, 0.6) is 0 Å². The summed E-state index contributed by atoms with van der Waals surface area (Å²) >= 11 is 0. The van der Waals surface area contributed by atoms with Crippen molar-refractivity contribution in [1.29, 1.82) is 0 Å². The summed E-state index contributed by atoms with van der Waals surface area (Å²) in [7, 11) is 1.81. The number of hydrogen-bond acceptors (Lipinski definition) is 2. The van der Waals surface area contributed by atoms with Crippen molar-refractivity contribution in [3.63, 3.8) is 0 Å². The second kappa shape index (κ2) is 9.24. The van der Waals surface area contributed by atoms with E-state index in [1.165, 1.54) is 83.5 Å². The summed E-state index contributed by atoms with van der Waals surface area (Å²) in [5, 5.41) is 0. The van der Waals surface area contributed by atoms with Crippen molar-refractivity contribution >= 4 is 0 Å². The van der Waals surface area contributed by atoms with Gasteiger partial charge in [0.2, 0.25) is 0 Å². The Morgan fingerprint density at radius 2 is 1.23 bits per heavy atom. The van der Waals surface area contributed by atoms with Gasteiger partial charge in [0.15, 0.2) is 0 Å². The van der Waals surface area contributed by atoms with Gasteiger partial charge < -0.3 is 9.47 Å². The lowest BCUT2D eigenvalue weighted by Gasteiger charge is -2.38. The van der Waals surface area contributed by atoms with Crippen LogP contribution in [0.25, 0.3) is 0 Å². The van der Waals surface area contributed by atoms with Gasteiger partial charge in [0.05, 0.1) is 18.8 Å². The van der Waals surface area contributed by atoms with Crippen molar-refractivity contribution in [2.45, 2.75) is 95.7 Å². The van der Waals surface area contributed by atoms with Gasteiger partial charge in [-0.1, -0.05) is 31.4 Å². The third-order valence-electron chi connectivity index (χ3n) is 8.23. The van der Waals surface area contributed by atoms with Gasteiger partial charge in [0, 0.05) is 7.11 Å². The van der Waals surface area contributed by atoms with Gasteiger partial charge >= 0.3 is 0 Å². The van der Waals surface area contributed by atoms with Gasteiger partial charge in [-0.3, -0.25) is 0 Å². The summed E-state index contributed by atoms with van der Waals surface area (Å²) in [6.45, 7) is 0.810. The zero-order chi connectivity index (χ0) is 17.8. The van der Waals surface area contributed by atoms with Gasteiger partial charge in [-0.25, -0.2) is 0 Å². The molecule has 26 heavy (non-hydrogen) atoms. The molecule has 3 saturated carbocycles. The van der Waals surface area contributed by atoms with E-state index in [1.807, 2.05) is 7.11 Å². The standard InChI is InChI=1S/C24H40O2/c1-25-23-15-16-24(26-17-23)22-13-9-19(10-14-22)6-5-18-7-11-21(12-8-18)20-3-2-4-20/h5-6,18-24H,2-4,7-17H2,1H3/b6-5+. The smallest absolute Gasteiger partial charge is 0.0805 e. The maximum atomic E-state index is 6.11. The summed E-state index contributed by atoms with van der Waals surface area (Å²) in [6, 6.07) is 0. The normalized spacial score (nSPS) is 42.7. The zero-order valence-corrected chi connectivity index (χ0v) is 16.9. The Hall–Kier alpha value is -0.340. The molecule has 0 amide bonds. The fraction of sp³-hybridized carbons (Fsp3) is 0.917. The molecule has 4 fully saturated rings. The first-order chi connectivity index (χ1) is 12.8. The quantitative estimate of drug-likeness (QED) is 0.547. The first-order valence-corrected chi connectivity index (χ1v) is 11.6. The second-order valence-corrected chi connectivity index (χ2v) is 9.73. The number of methoxy groups -OCH3 is 1. The molecule has 148 valence electrons. The van der Waals surface area contributed by atoms with Crippen LogP contribution >= 0.6 is 0 Å². The van der Waals surface area contributed by atoms with E-state index < -0.39 is 0 Å². The molecule has 2 unspecified atom stereocenters. The molecule has 0 aromatic rings. The second-order valence-electron chi connectivity index (χ2n) is 9.73. The van der Waals surface area contributed by atoms with Crippen LogP contribution in [0, 0.1) is 29.6 Å². The lowest BCUT2D eigenvalue weighted by Crippen LogP contribution is -2.36. The molecule has 0 spiro atoms. The molecule has 0 N–H and O–H groups in total. The summed E-state index contributed by atoms with van der Waals surface area (Å²) in [5.74, 6) is 4.71. The highest BCUT2D eigenvalue weighted by atomic mass is 16.5. The molecule has 0 aromatic heterocycles. The van der Waals surface area contributed by atoms with Crippen molar-refractivity contribution in [1.82, 2.24) is 0 Å². The molecule has 0 aromatic carbocycles. The minimum Gasteiger partial charge on any atom is -0.379 e. The Labute approximate surface area is 161 Å². The van der Waals surface area contributed by atoms with Crippen LogP contribution < -0.4 is 0 Å². The maximum Gasteiger partial charge on any atom is 0.0805 e. The minimum absolute atomic E-state index is 0.338. The van der Waals surface area contributed by atoms with Crippen molar-refractivity contribution in [3.8, 4) is 0 Å². The van der Waals surface area contributed by atoms with E-state index in [9.17, 15) is 0 Å². The van der Waals surface area contributed by atoms with Crippen molar-refractivity contribution in [3.05, 3.63) is 12.2 Å². The molecular weight excluding hydrogens is 320 g/mol. The fourth-order valence-corrected chi connectivity index (χ4v) is 6.05. The van der Waals surface area contributed by atoms with E-state index in [4.69, 9.17) is 9.47 Å². The molecule has 2 heteroatoms. The molecule has 0 radical (unpaired) electrons. The highest BCUT2D eigenvalue weighted by Gasteiger charge is 2.32. The molecule has 0 bridgehead atoms. The van der Waals surface area contributed by atoms with Crippen LogP contribution in [-0.4, -0.2) is 25.9 Å². The highest BCUT2D eigenvalue weighted by Crippen LogP contribution is 2.43. The van der Waals surface area contributed by atoms with Crippen LogP contribution in [0.15, 0.2) is 12.2 Å². The Balaban J connectivity index is 1.14. The lowest BCUT2D eigenvalue weighted by atomic mass is 9.68. The monoisotopic (exact) mass is 360 g/mol. The Morgan fingerprint density at radius 1 is 0.654 bits per heavy atom. The van der Waals surface area contributed by atoms with Gasteiger partial charge in [-0.2, -0.15) is 0 Å². The average molecular weight is 361 g/mol. The number of allylic oxidation sites excluding steroid dienone is 2. The number of ether oxygens (including phenoxy) is 2. The van der Waals surface area contributed by atoms with Crippen LogP contribution in [0.4, 0.5) is 0 Å². The third kappa shape index (κ3) is 4.73. The van der Waals surface area contributed by atoms with E-state index >= 15 is 0 Å².